The van der Waals surface area contributed by atoms with E-state index in [-0.39, 0.29) is 5.91 Å². The van der Waals surface area contributed by atoms with Crippen molar-refractivity contribution in [3.63, 3.8) is 0 Å². The van der Waals surface area contributed by atoms with Crippen molar-refractivity contribution in [3.8, 4) is 11.5 Å². The van der Waals surface area contributed by atoms with Gasteiger partial charge in [0.1, 0.15) is 11.5 Å². The van der Waals surface area contributed by atoms with Gasteiger partial charge < -0.3 is 9.47 Å². The van der Waals surface area contributed by atoms with E-state index < -0.39 is 5.97 Å². The Morgan fingerprint density at radius 3 is 2.30 bits per heavy atom. The van der Waals surface area contributed by atoms with Crippen LogP contribution < -0.4 is 14.9 Å². The predicted molar refractivity (Wildman–Crippen MR) is 118 cm³/mol. The van der Waals surface area contributed by atoms with Crippen LogP contribution in [0.1, 0.15) is 31.8 Å². The van der Waals surface area contributed by atoms with E-state index in [0.717, 1.165) is 10.0 Å². The molecule has 1 N–H and O–H groups in total. The van der Waals surface area contributed by atoms with E-state index in [1.807, 2.05) is 19.1 Å². The van der Waals surface area contributed by atoms with E-state index in [0.29, 0.717) is 28.2 Å². The Kier molecular flexibility index (Phi) is 6.98. The van der Waals surface area contributed by atoms with Crippen molar-refractivity contribution in [3.05, 3.63) is 93.5 Å². The molecule has 3 aromatic rings. The highest BCUT2D eigenvalue weighted by Crippen LogP contribution is 2.23. The van der Waals surface area contributed by atoms with Crippen molar-refractivity contribution in [2.45, 2.75) is 6.92 Å². The standard InChI is InChI=1S/C23H19BrN2O4/c1-15-3-5-17(6-4-15)23(28)30-21-12-9-19(24)13-18(21)14-25-26-22(27)16-7-10-20(29-2)11-8-16/h3-14H,1-2H3,(H,26,27)/b25-14+. The predicted octanol–water partition coefficient (Wildman–Crippen LogP) is 4.75. The van der Waals surface area contributed by atoms with Crippen LogP contribution in [-0.2, 0) is 0 Å². The molecule has 0 saturated heterocycles. The number of aryl methyl sites for hydroxylation is 1. The molecular formula is C23H19BrN2O4. The number of carbonyl (C=O) groups is 2. The third kappa shape index (κ3) is 5.55. The third-order valence-electron chi connectivity index (χ3n) is 4.18. The quantitative estimate of drug-likeness (QED) is 0.246. The number of nitrogens with one attached hydrogen (secondary N) is 1. The van der Waals surface area contributed by atoms with Crippen LogP contribution >= 0.6 is 15.9 Å². The minimum Gasteiger partial charge on any atom is -0.497 e. The van der Waals surface area contributed by atoms with Gasteiger partial charge in [0.25, 0.3) is 5.91 Å². The zero-order chi connectivity index (χ0) is 21.5. The number of nitrogens with zero attached hydrogens (tertiary/aromatic N) is 1. The summed E-state index contributed by atoms with van der Waals surface area (Å²) in [5, 5.41) is 3.99. The maximum atomic E-state index is 12.4. The lowest BCUT2D eigenvalue weighted by Crippen LogP contribution is -2.17. The Hall–Kier alpha value is -3.45. The number of esters is 1. The first kappa shape index (κ1) is 21.3. The summed E-state index contributed by atoms with van der Waals surface area (Å²) in [5.41, 5.74) is 4.92. The lowest BCUT2D eigenvalue weighted by Gasteiger charge is -2.08. The van der Waals surface area contributed by atoms with Crippen LogP contribution in [0.5, 0.6) is 11.5 Å². The maximum Gasteiger partial charge on any atom is 0.343 e. The van der Waals surface area contributed by atoms with Crippen LogP contribution in [0.3, 0.4) is 0 Å². The lowest BCUT2D eigenvalue weighted by molar-refractivity contribution is 0.0734. The number of halogens is 1. The number of rotatable bonds is 6. The van der Waals surface area contributed by atoms with E-state index in [9.17, 15) is 9.59 Å². The van der Waals surface area contributed by atoms with Gasteiger partial charge in [0.2, 0.25) is 0 Å². The summed E-state index contributed by atoms with van der Waals surface area (Å²) >= 11 is 3.39. The summed E-state index contributed by atoms with van der Waals surface area (Å²) in [6.07, 6.45) is 1.42. The maximum absolute atomic E-state index is 12.4. The summed E-state index contributed by atoms with van der Waals surface area (Å²) < 4.78 is 11.4. The van der Waals surface area contributed by atoms with Crippen LogP contribution in [0.4, 0.5) is 0 Å². The van der Waals surface area contributed by atoms with Gasteiger partial charge in [-0.3, -0.25) is 4.79 Å². The van der Waals surface area contributed by atoms with Gasteiger partial charge in [-0.25, -0.2) is 10.2 Å². The normalized spacial score (nSPS) is 10.6. The Balaban J connectivity index is 1.71. The fraction of sp³-hybridized carbons (Fsp3) is 0.0870. The molecule has 0 unspecified atom stereocenters. The largest absolute Gasteiger partial charge is 0.497 e. The molecule has 0 aliphatic rings. The Labute approximate surface area is 182 Å². The minimum atomic E-state index is -0.478. The first-order valence-corrected chi connectivity index (χ1v) is 9.81. The molecule has 0 aliphatic carbocycles. The number of hydrogen-bond donors (Lipinski definition) is 1. The minimum absolute atomic E-state index is 0.325. The van der Waals surface area contributed by atoms with Crippen LogP contribution in [0.25, 0.3) is 0 Å². The van der Waals surface area contributed by atoms with Gasteiger partial charge in [0.15, 0.2) is 0 Å². The van der Waals surface area contributed by atoms with Crippen molar-refractivity contribution in [1.82, 2.24) is 5.43 Å². The SMILES string of the molecule is COc1ccc(C(=O)N/N=C/c2cc(Br)ccc2OC(=O)c2ccc(C)cc2)cc1. The van der Waals surface area contributed by atoms with E-state index in [4.69, 9.17) is 9.47 Å². The van der Waals surface area contributed by atoms with E-state index in [1.165, 1.54) is 6.21 Å². The zero-order valence-corrected chi connectivity index (χ0v) is 18.0. The molecule has 0 radical (unpaired) electrons. The monoisotopic (exact) mass is 466 g/mol. The highest BCUT2D eigenvalue weighted by Gasteiger charge is 2.12. The van der Waals surface area contributed by atoms with Gasteiger partial charge in [-0.15, -0.1) is 0 Å². The summed E-state index contributed by atoms with van der Waals surface area (Å²) in [4.78, 5) is 24.6. The summed E-state index contributed by atoms with van der Waals surface area (Å²) in [5.74, 6) is 0.131. The van der Waals surface area contributed by atoms with Gasteiger partial charge in [-0.05, 0) is 61.5 Å². The van der Waals surface area contributed by atoms with Crippen LogP contribution in [0.15, 0.2) is 76.3 Å². The van der Waals surface area contributed by atoms with E-state index >= 15 is 0 Å². The Morgan fingerprint density at radius 1 is 0.967 bits per heavy atom. The van der Waals surface area contributed by atoms with Gasteiger partial charge in [-0.1, -0.05) is 33.6 Å². The molecule has 0 spiro atoms. The number of amides is 1. The molecule has 30 heavy (non-hydrogen) atoms. The van der Waals surface area contributed by atoms with Crippen molar-refractivity contribution < 1.29 is 19.1 Å². The second-order valence-corrected chi connectivity index (χ2v) is 7.28. The zero-order valence-electron chi connectivity index (χ0n) is 16.4. The molecule has 0 aromatic heterocycles. The number of carbonyl (C=O) groups excluding carboxylic acids is 2. The molecular weight excluding hydrogens is 448 g/mol. The molecule has 0 fully saturated rings. The molecule has 0 atom stereocenters. The average molecular weight is 467 g/mol. The van der Waals surface area contributed by atoms with Gasteiger partial charge >= 0.3 is 5.97 Å². The second-order valence-electron chi connectivity index (χ2n) is 6.37. The molecule has 1 amide bonds. The Bertz CT molecular complexity index is 1080. The molecule has 0 saturated carbocycles. The third-order valence-corrected chi connectivity index (χ3v) is 4.68. The molecule has 3 aromatic carbocycles. The number of benzene rings is 3. The van der Waals surface area contributed by atoms with Crippen molar-refractivity contribution in [1.29, 1.82) is 0 Å². The van der Waals surface area contributed by atoms with Crippen LogP contribution in [0, 0.1) is 6.92 Å². The van der Waals surface area contributed by atoms with E-state index in [2.05, 4.69) is 26.5 Å². The summed E-state index contributed by atoms with van der Waals surface area (Å²) in [7, 11) is 1.56. The van der Waals surface area contributed by atoms with Crippen molar-refractivity contribution in [2.24, 2.45) is 5.10 Å². The number of methoxy groups -OCH3 is 1. The highest BCUT2D eigenvalue weighted by molar-refractivity contribution is 9.10. The molecule has 7 heteroatoms. The first-order valence-electron chi connectivity index (χ1n) is 9.02. The average Bonchev–Trinajstić information content (AvgIpc) is 2.76. The number of ether oxygens (including phenoxy) is 2. The van der Waals surface area contributed by atoms with Crippen LogP contribution in [-0.4, -0.2) is 25.2 Å². The molecule has 152 valence electrons. The number of hydrazone groups is 1. The van der Waals surface area contributed by atoms with Crippen LogP contribution in [0.2, 0.25) is 0 Å². The van der Waals surface area contributed by atoms with E-state index in [1.54, 1.807) is 61.7 Å². The number of hydrogen-bond acceptors (Lipinski definition) is 5. The topological polar surface area (TPSA) is 77.0 Å². The smallest absolute Gasteiger partial charge is 0.343 e. The lowest BCUT2D eigenvalue weighted by atomic mass is 10.1. The Morgan fingerprint density at radius 2 is 1.63 bits per heavy atom. The molecule has 0 aliphatic heterocycles. The molecule has 6 nitrogen and oxygen atoms in total. The van der Waals surface area contributed by atoms with Gasteiger partial charge in [-0.2, -0.15) is 5.10 Å². The van der Waals surface area contributed by atoms with Gasteiger partial charge in [0, 0.05) is 15.6 Å². The van der Waals surface area contributed by atoms with Crippen molar-refractivity contribution in [2.75, 3.05) is 7.11 Å². The second kappa shape index (κ2) is 9.84. The summed E-state index contributed by atoms with van der Waals surface area (Å²) in [6.45, 7) is 1.94. The first-order chi connectivity index (χ1) is 14.5. The van der Waals surface area contributed by atoms with Crippen molar-refractivity contribution >= 4 is 34.0 Å². The fourth-order valence-corrected chi connectivity index (χ4v) is 2.91. The molecule has 3 rings (SSSR count). The molecule has 0 bridgehead atoms. The highest BCUT2D eigenvalue weighted by atomic mass is 79.9. The molecule has 0 heterocycles. The fourth-order valence-electron chi connectivity index (χ4n) is 2.53. The summed E-state index contributed by atoms with van der Waals surface area (Å²) in [6, 6.07) is 18.9. The van der Waals surface area contributed by atoms with Gasteiger partial charge in [0.05, 0.1) is 18.9 Å².